The summed E-state index contributed by atoms with van der Waals surface area (Å²) in [6.07, 6.45) is 9.15. The van der Waals surface area contributed by atoms with Crippen LogP contribution in [-0.2, 0) is 9.53 Å². The molecule has 0 aliphatic carbocycles. The molecule has 2 aliphatic rings. The third-order valence-electron chi connectivity index (χ3n) is 6.17. The van der Waals surface area contributed by atoms with Gasteiger partial charge in [-0.2, -0.15) is 0 Å². The molecule has 4 heterocycles. The summed E-state index contributed by atoms with van der Waals surface area (Å²) in [6, 6.07) is 3.73. The Morgan fingerprint density at radius 1 is 1.23 bits per heavy atom. The van der Waals surface area contributed by atoms with Gasteiger partial charge in [-0.25, -0.2) is 9.97 Å². The van der Waals surface area contributed by atoms with Gasteiger partial charge >= 0.3 is 0 Å². The van der Waals surface area contributed by atoms with Crippen molar-refractivity contribution in [3.63, 3.8) is 0 Å². The number of pyridine rings is 1. The molecule has 2 aliphatic heterocycles. The van der Waals surface area contributed by atoms with E-state index < -0.39 is 0 Å². The summed E-state index contributed by atoms with van der Waals surface area (Å²) < 4.78 is 5.42. The lowest BCUT2D eigenvalue weighted by molar-refractivity contribution is -0.120. The van der Waals surface area contributed by atoms with Crippen LogP contribution in [0.5, 0.6) is 0 Å². The highest BCUT2D eigenvalue weighted by molar-refractivity contribution is 5.92. The van der Waals surface area contributed by atoms with Crippen molar-refractivity contribution in [2.24, 2.45) is 11.8 Å². The molecule has 0 aromatic carbocycles. The minimum absolute atomic E-state index is 0.00520. The predicted molar refractivity (Wildman–Crippen MR) is 121 cm³/mol. The maximum atomic E-state index is 12.7. The van der Waals surface area contributed by atoms with Gasteiger partial charge in [-0.1, -0.05) is 0 Å². The van der Waals surface area contributed by atoms with E-state index in [1.165, 1.54) is 0 Å². The van der Waals surface area contributed by atoms with E-state index in [0.717, 1.165) is 62.5 Å². The molecular weight excluding hydrogens is 392 g/mol. The molecule has 0 unspecified atom stereocenters. The van der Waals surface area contributed by atoms with E-state index in [-0.39, 0.29) is 17.4 Å². The largest absolute Gasteiger partial charge is 0.381 e. The van der Waals surface area contributed by atoms with Gasteiger partial charge in [-0.15, -0.1) is 0 Å². The summed E-state index contributed by atoms with van der Waals surface area (Å²) in [6.45, 7) is 7.55. The quantitative estimate of drug-likeness (QED) is 0.655. The van der Waals surface area contributed by atoms with Gasteiger partial charge in [0.15, 0.2) is 0 Å². The Hall–Kier alpha value is -2.58. The summed E-state index contributed by atoms with van der Waals surface area (Å²) in [4.78, 5) is 26.0. The van der Waals surface area contributed by atoms with E-state index in [9.17, 15) is 4.79 Å². The summed E-state index contributed by atoms with van der Waals surface area (Å²) in [5, 5.41) is 9.81. The van der Waals surface area contributed by atoms with Crippen LogP contribution in [0.4, 0.5) is 11.6 Å². The second kappa shape index (κ2) is 9.70. The van der Waals surface area contributed by atoms with E-state index in [0.29, 0.717) is 18.3 Å². The zero-order valence-electron chi connectivity index (χ0n) is 18.4. The van der Waals surface area contributed by atoms with Crippen molar-refractivity contribution in [1.29, 1.82) is 0 Å². The number of rotatable bonds is 6. The number of hydrogen-bond acceptors (Lipinski definition) is 7. The van der Waals surface area contributed by atoms with E-state index in [4.69, 9.17) is 9.72 Å². The van der Waals surface area contributed by atoms with Crippen LogP contribution in [0.1, 0.15) is 39.5 Å². The minimum Gasteiger partial charge on any atom is -0.381 e. The van der Waals surface area contributed by atoms with Gasteiger partial charge in [-0.05, 0) is 57.6 Å². The van der Waals surface area contributed by atoms with Crippen molar-refractivity contribution >= 4 is 17.5 Å². The van der Waals surface area contributed by atoms with Gasteiger partial charge in [0.1, 0.15) is 11.6 Å². The molecule has 8 heteroatoms. The van der Waals surface area contributed by atoms with Crippen LogP contribution in [0.2, 0.25) is 0 Å². The van der Waals surface area contributed by atoms with Crippen LogP contribution in [0, 0.1) is 11.8 Å². The fourth-order valence-electron chi connectivity index (χ4n) is 4.02. The Bertz CT molecular complexity index is 887. The first kappa shape index (κ1) is 21.6. The van der Waals surface area contributed by atoms with Crippen LogP contribution < -0.4 is 16.0 Å². The number of carbonyl (C=O) groups excluding carboxylic acids is 1. The topological polar surface area (TPSA) is 101 Å². The zero-order valence-corrected chi connectivity index (χ0v) is 18.4. The maximum absolute atomic E-state index is 12.7. The molecule has 0 saturated carbocycles. The molecule has 1 amide bonds. The highest BCUT2D eigenvalue weighted by Gasteiger charge is 2.30. The molecule has 2 saturated heterocycles. The van der Waals surface area contributed by atoms with Crippen molar-refractivity contribution in [2.75, 3.05) is 36.9 Å². The van der Waals surface area contributed by atoms with Gasteiger partial charge in [0.25, 0.3) is 0 Å². The molecule has 1 atom stereocenters. The van der Waals surface area contributed by atoms with E-state index in [2.05, 4.69) is 39.8 Å². The Kier molecular flexibility index (Phi) is 6.77. The first-order valence-electron chi connectivity index (χ1n) is 11.1. The molecular formula is C23H32N6O2. The van der Waals surface area contributed by atoms with Gasteiger partial charge in [0.2, 0.25) is 5.91 Å². The van der Waals surface area contributed by atoms with Crippen molar-refractivity contribution in [2.45, 2.75) is 45.1 Å². The number of carbonyl (C=O) groups is 1. The highest BCUT2D eigenvalue weighted by atomic mass is 16.5. The normalized spacial score (nSPS) is 21.4. The second-order valence-corrected chi connectivity index (χ2v) is 9.15. The maximum Gasteiger partial charge on any atom is 0.229 e. The van der Waals surface area contributed by atoms with Gasteiger partial charge < -0.3 is 20.7 Å². The Morgan fingerprint density at radius 2 is 2.06 bits per heavy atom. The highest BCUT2D eigenvalue weighted by Crippen LogP contribution is 2.24. The summed E-state index contributed by atoms with van der Waals surface area (Å²) >= 11 is 0. The predicted octanol–water partition coefficient (Wildman–Crippen LogP) is 3.09. The van der Waals surface area contributed by atoms with Crippen LogP contribution >= 0.6 is 0 Å². The van der Waals surface area contributed by atoms with Crippen molar-refractivity contribution < 1.29 is 9.53 Å². The van der Waals surface area contributed by atoms with E-state index >= 15 is 0 Å². The Morgan fingerprint density at radius 3 is 2.84 bits per heavy atom. The second-order valence-electron chi connectivity index (χ2n) is 9.15. The number of hydrogen-bond donors (Lipinski definition) is 3. The number of aromatic nitrogens is 3. The lowest BCUT2D eigenvalue weighted by atomic mass is 9.86. The SMILES string of the molecule is CC1(C)CC[C@@H](C(=O)Nc2cc(-c3cncc(NCC4CCOCC4)n3)ccn2)CN1. The Labute approximate surface area is 183 Å². The number of nitrogens with zero attached hydrogens (tertiary/aromatic N) is 3. The molecule has 0 spiro atoms. The average molecular weight is 425 g/mol. The molecule has 2 fully saturated rings. The fraction of sp³-hybridized carbons (Fsp3) is 0.565. The first-order valence-corrected chi connectivity index (χ1v) is 11.1. The molecule has 3 N–H and O–H groups in total. The Balaban J connectivity index is 1.38. The minimum atomic E-state index is -0.0454. The zero-order chi connectivity index (χ0) is 21.7. The van der Waals surface area contributed by atoms with Gasteiger partial charge in [-0.3, -0.25) is 9.78 Å². The standard InChI is InChI=1S/C23H32N6O2/c1-23(2)7-3-18(13-27-23)22(30)29-20-11-17(4-8-25-20)19-14-24-15-21(28-19)26-12-16-5-9-31-10-6-16/h4,8,11,14-16,18,27H,3,5-7,9-10,12-13H2,1-2H3,(H,26,28)(H,25,29,30)/t18-/m1/s1. The lowest BCUT2D eigenvalue weighted by Crippen LogP contribution is -2.49. The molecule has 0 bridgehead atoms. The van der Waals surface area contributed by atoms with Crippen molar-refractivity contribution in [3.8, 4) is 11.3 Å². The third kappa shape index (κ3) is 5.98. The van der Waals surface area contributed by atoms with Gasteiger partial charge in [0, 0.05) is 43.6 Å². The lowest BCUT2D eigenvalue weighted by Gasteiger charge is -2.35. The fourth-order valence-corrected chi connectivity index (χ4v) is 4.02. The smallest absolute Gasteiger partial charge is 0.229 e. The summed E-state index contributed by atoms with van der Waals surface area (Å²) in [5.41, 5.74) is 1.71. The first-order chi connectivity index (χ1) is 15.0. The average Bonchev–Trinajstić information content (AvgIpc) is 2.79. The van der Waals surface area contributed by atoms with Crippen LogP contribution in [0.25, 0.3) is 11.3 Å². The van der Waals surface area contributed by atoms with Crippen LogP contribution in [-0.4, -0.2) is 52.7 Å². The van der Waals surface area contributed by atoms with Crippen LogP contribution in [0.15, 0.2) is 30.7 Å². The van der Waals surface area contributed by atoms with Gasteiger partial charge in [0.05, 0.1) is 24.0 Å². The van der Waals surface area contributed by atoms with Crippen molar-refractivity contribution in [1.82, 2.24) is 20.3 Å². The molecule has 8 nitrogen and oxygen atoms in total. The number of anilines is 2. The third-order valence-corrected chi connectivity index (χ3v) is 6.17. The molecule has 0 radical (unpaired) electrons. The number of ether oxygens (including phenoxy) is 1. The van der Waals surface area contributed by atoms with Crippen molar-refractivity contribution in [3.05, 3.63) is 30.7 Å². The number of amides is 1. The van der Waals surface area contributed by atoms with E-state index in [1.807, 2.05) is 12.1 Å². The van der Waals surface area contributed by atoms with E-state index in [1.54, 1.807) is 18.6 Å². The molecule has 2 aromatic heterocycles. The summed E-state index contributed by atoms with van der Waals surface area (Å²) in [7, 11) is 0. The molecule has 31 heavy (non-hydrogen) atoms. The molecule has 2 aromatic rings. The number of nitrogens with one attached hydrogen (secondary N) is 3. The summed E-state index contributed by atoms with van der Waals surface area (Å²) in [5.74, 6) is 1.85. The monoisotopic (exact) mass is 424 g/mol. The number of piperidine rings is 1. The molecule has 4 rings (SSSR count). The molecule has 166 valence electrons. The van der Waals surface area contributed by atoms with Crippen LogP contribution in [0.3, 0.4) is 0 Å².